The van der Waals surface area contributed by atoms with Crippen molar-refractivity contribution >= 4 is 33.4 Å². The molecule has 1 N–H and O–H groups in total. The topological polar surface area (TPSA) is 53.1 Å². The average Bonchev–Trinajstić information content (AvgIpc) is 3.45. The van der Waals surface area contributed by atoms with E-state index >= 15 is 0 Å². The van der Waals surface area contributed by atoms with E-state index in [1.807, 2.05) is 11.8 Å². The predicted octanol–water partition coefficient (Wildman–Crippen LogP) is 3.68. The van der Waals surface area contributed by atoms with E-state index in [4.69, 9.17) is 14.5 Å². The minimum Gasteiger partial charge on any atom is -0.381 e. The highest BCUT2D eigenvalue weighted by atomic mass is 32.2. The van der Waals surface area contributed by atoms with E-state index in [9.17, 15) is 0 Å². The average molecular weight is 443 g/mol. The van der Waals surface area contributed by atoms with Gasteiger partial charge in [-0.2, -0.15) is 0 Å². The molecule has 4 heterocycles. The molecule has 6 nitrogen and oxygen atoms in total. The number of aromatic nitrogens is 1. The summed E-state index contributed by atoms with van der Waals surface area (Å²) in [7, 11) is 2.23. The van der Waals surface area contributed by atoms with Crippen LogP contribution in [0.1, 0.15) is 30.5 Å². The summed E-state index contributed by atoms with van der Waals surface area (Å²) in [6.07, 6.45) is 3.31. The summed E-state index contributed by atoms with van der Waals surface area (Å²) < 4.78 is 11.0. The molecule has 5 rings (SSSR count). The normalized spacial score (nSPS) is 23.4. The Labute approximate surface area is 189 Å². The lowest BCUT2D eigenvalue weighted by atomic mass is 10.0. The summed E-state index contributed by atoms with van der Waals surface area (Å²) in [5.74, 6) is 1.09. The molecule has 0 bridgehead atoms. The molecule has 0 unspecified atom stereocenters. The molecule has 1 aromatic carbocycles. The number of nitrogens with one attached hydrogen (secondary N) is 1. The van der Waals surface area contributed by atoms with Gasteiger partial charge in [0.1, 0.15) is 5.04 Å². The largest absolute Gasteiger partial charge is 0.381 e. The number of anilines is 1. The lowest BCUT2D eigenvalue weighted by molar-refractivity contribution is 0.0369. The number of rotatable bonds is 6. The summed E-state index contributed by atoms with van der Waals surface area (Å²) in [6, 6.07) is 7.84. The van der Waals surface area contributed by atoms with Crippen LogP contribution >= 0.6 is 11.8 Å². The van der Waals surface area contributed by atoms with Crippen molar-refractivity contribution in [3.63, 3.8) is 0 Å². The molecule has 0 radical (unpaired) electrons. The zero-order valence-electron chi connectivity index (χ0n) is 18.7. The Morgan fingerprint density at radius 1 is 1.13 bits per heavy atom. The molecule has 7 heteroatoms. The van der Waals surface area contributed by atoms with Gasteiger partial charge < -0.3 is 19.4 Å². The van der Waals surface area contributed by atoms with Crippen molar-refractivity contribution in [3.8, 4) is 0 Å². The molecule has 3 aliphatic rings. The molecule has 0 aliphatic carbocycles. The van der Waals surface area contributed by atoms with Crippen molar-refractivity contribution in [2.75, 3.05) is 63.8 Å². The van der Waals surface area contributed by atoms with Gasteiger partial charge in [0.05, 0.1) is 36.2 Å². The van der Waals surface area contributed by atoms with Crippen LogP contribution in [-0.2, 0) is 9.47 Å². The first-order valence-electron chi connectivity index (χ1n) is 11.6. The van der Waals surface area contributed by atoms with Gasteiger partial charge in [0.2, 0.25) is 0 Å². The Hall–Kier alpha value is -1.54. The molecule has 31 heavy (non-hydrogen) atoms. The number of aliphatic imine (C=N–C) groups is 1. The number of fused-ring (bicyclic) bond motifs is 1. The highest BCUT2D eigenvalue weighted by Crippen LogP contribution is 2.33. The molecule has 0 saturated carbocycles. The van der Waals surface area contributed by atoms with Gasteiger partial charge >= 0.3 is 0 Å². The van der Waals surface area contributed by atoms with Crippen molar-refractivity contribution in [2.45, 2.75) is 38.3 Å². The molecule has 1 atom stereocenters. The quantitative estimate of drug-likeness (QED) is 0.740. The van der Waals surface area contributed by atoms with Crippen LogP contribution in [0.5, 0.6) is 0 Å². The van der Waals surface area contributed by atoms with E-state index in [-0.39, 0.29) is 0 Å². The number of aromatic amines is 1. The van der Waals surface area contributed by atoms with E-state index in [1.165, 1.54) is 32.9 Å². The lowest BCUT2D eigenvalue weighted by Gasteiger charge is -2.33. The number of nitrogens with zero attached hydrogens (tertiary/aromatic N) is 3. The maximum Gasteiger partial charge on any atom is 0.114 e. The van der Waals surface area contributed by atoms with Crippen molar-refractivity contribution < 1.29 is 9.47 Å². The number of benzene rings is 1. The standard InChI is InChI=1S/C24H34N4O2S/c1-17-13-18-15-21(24-25-19(16-31-24)3-6-28-7-11-30-12-8-28)26-23(18)22(14-17)27(2)20-4-9-29-10-5-20/h13-15,19-20,26H,3-12,16H2,1-2H3/t19-/m0/s1. The van der Waals surface area contributed by atoms with Crippen molar-refractivity contribution in [3.05, 3.63) is 29.5 Å². The fourth-order valence-corrected chi connectivity index (χ4v) is 5.98. The van der Waals surface area contributed by atoms with Crippen LogP contribution in [0.3, 0.4) is 0 Å². The molecule has 0 spiro atoms. The zero-order valence-corrected chi connectivity index (χ0v) is 19.5. The summed E-state index contributed by atoms with van der Waals surface area (Å²) in [4.78, 5) is 13.8. The molecular formula is C24H34N4O2S. The molecular weight excluding hydrogens is 408 g/mol. The van der Waals surface area contributed by atoms with Crippen LogP contribution < -0.4 is 4.90 Å². The second-order valence-corrected chi connectivity index (χ2v) is 10.0. The van der Waals surface area contributed by atoms with Crippen molar-refractivity contribution in [1.82, 2.24) is 9.88 Å². The third-order valence-electron chi connectivity index (χ3n) is 6.80. The van der Waals surface area contributed by atoms with Crippen LogP contribution in [0.25, 0.3) is 10.9 Å². The predicted molar refractivity (Wildman–Crippen MR) is 130 cm³/mol. The molecule has 2 saturated heterocycles. The van der Waals surface area contributed by atoms with E-state index < -0.39 is 0 Å². The zero-order chi connectivity index (χ0) is 21.2. The molecule has 0 amide bonds. The Bertz CT molecular complexity index is 931. The van der Waals surface area contributed by atoms with Crippen LogP contribution in [0.2, 0.25) is 0 Å². The summed E-state index contributed by atoms with van der Waals surface area (Å²) in [5.41, 5.74) is 4.99. The second-order valence-electron chi connectivity index (χ2n) is 9.03. The Balaban J connectivity index is 1.33. The number of H-pyrrole nitrogens is 1. The van der Waals surface area contributed by atoms with Gasteiger partial charge in [-0.1, -0.05) is 0 Å². The monoisotopic (exact) mass is 442 g/mol. The maximum atomic E-state index is 5.57. The molecule has 3 aliphatic heterocycles. The third kappa shape index (κ3) is 4.80. The Morgan fingerprint density at radius 2 is 1.90 bits per heavy atom. The number of ether oxygens (including phenoxy) is 2. The minimum atomic E-state index is 0.417. The molecule has 1 aromatic heterocycles. The Kier molecular flexibility index (Phi) is 6.55. The second kappa shape index (κ2) is 9.53. The number of hydrogen-bond acceptors (Lipinski definition) is 6. The third-order valence-corrected chi connectivity index (χ3v) is 7.95. The summed E-state index contributed by atoms with van der Waals surface area (Å²) in [6.45, 7) is 8.88. The van der Waals surface area contributed by atoms with Crippen molar-refractivity contribution in [2.24, 2.45) is 4.99 Å². The smallest absolute Gasteiger partial charge is 0.114 e. The Morgan fingerprint density at radius 3 is 2.71 bits per heavy atom. The SMILES string of the molecule is Cc1cc(N(C)C2CCOCC2)c2[nH]c(C3=N[C@@H](CCN4CCOCC4)CS3)cc2c1. The molecule has 2 aromatic rings. The maximum absolute atomic E-state index is 5.57. The minimum absolute atomic E-state index is 0.417. The molecule has 2 fully saturated rings. The van der Waals surface area contributed by atoms with Gasteiger partial charge in [0.15, 0.2) is 0 Å². The molecule has 168 valence electrons. The highest BCUT2D eigenvalue weighted by molar-refractivity contribution is 8.14. The van der Waals surface area contributed by atoms with E-state index in [2.05, 4.69) is 47.0 Å². The van der Waals surface area contributed by atoms with Crippen LogP contribution in [0.15, 0.2) is 23.2 Å². The van der Waals surface area contributed by atoms with Crippen LogP contribution in [0.4, 0.5) is 5.69 Å². The van der Waals surface area contributed by atoms with Gasteiger partial charge in [-0.05, 0) is 49.9 Å². The fourth-order valence-electron chi connectivity index (χ4n) is 4.90. The first-order valence-corrected chi connectivity index (χ1v) is 12.6. The van der Waals surface area contributed by atoms with Crippen LogP contribution in [-0.4, -0.2) is 85.9 Å². The van der Waals surface area contributed by atoms with Crippen LogP contribution in [0, 0.1) is 6.92 Å². The fraction of sp³-hybridized carbons (Fsp3) is 0.625. The van der Waals surface area contributed by atoms with E-state index in [0.29, 0.717) is 12.1 Å². The van der Waals surface area contributed by atoms with Gasteiger partial charge in [0, 0.05) is 57.1 Å². The number of morpholine rings is 1. The number of aryl methyl sites for hydroxylation is 1. The van der Waals surface area contributed by atoms with Gasteiger partial charge in [-0.25, -0.2) is 0 Å². The summed E-state index contributed by atoms with van der Waals surface area (Å²) >= 11 is 1.90. The highest BCUT2D eigenvalue weighted by Gasteiger charge is 2.24. The van der Waals surface area contributed by atoms with Crippen molar-refractivity contribution in [1.29, 1.82) is 0 Å². The number of thioether (sulfide) groups is 1. The first kappa shape index (κ1) is 21.3. The summed E-state index contributed by atoms with van der Waals surface area (Å²) in [5, 5.41) is 2.45. The lowest BCUT2D eigenvalue weighted by Crippen LogP contribution is -2.37. The first-order chi connectivity index (χ1) is 15.2. The van der Waals surface area contributed by atoms with Gasteiger partial charge in [0.25, 0.3) is 0 Å². The van der Waals surface area contributed by atoms with E-state index in [1.54, 1.807) is 0 Å². The van der Waals surface area contributed by atoms with Gasteiger partial charge in [-0.15, -0.1) is 11.8 Å². The van der Waals surface area contributed by atoms with E-state index in [0.717, 1.165) is 71.1 Å². The van der Waals surface area contributed by atoms with Gasteiger partial charge in [-0.3, -0.25) is 9.89 Å². The number of hydrogen-bond donors (Lipinski definition) is 1.